The standard InChI is InChI=1S/C76H74BN3O/c1-72(2,3)52-33-37-64(57(43-52)50-26-18-13-19-27-50)80-65-42-51(49-24-16-12-17-25-49)32-36-63(65)77-69-66(45-56(46-67(69)80)78(53-28-20-14-21-29-53)54-30-22-15-23-31-54)79(55-34-35-59-60(44-55)74(6,7)39-38-73(59,4)5)70-58-47-61-62(48-68(58)81-71(70)77)76(10,11)41-40-75(61,8)9/h12-37,42-48H,38-41H2,1-11H3. The summed E-state index contributed by atoms with van der Waals surface area (Å²) < 4.78 is 7.81. The summed E-state index contributed by atoms with van der Waals surface area (Å²) in [4.78, 5) is 7.72. The Bertz CT molecular complexity index is 4070. The van der Waals surface area contributed by atoms with Crippen LogP contribution in [-0.4, -0.2) is 6.71 Å². The molecule has 402 valence electrons. The van der Waals surface area contributed by atoms with Gasteiger partial charge >= 0.3 is 0 Å². The molecule has 0 fully saturated rings. The Balaban J connectivity index is 1.16. The van der Waals surface area contributed by atoms with E-state index in [4.69, 9.17) is 4.42 Å². The van der Waals surface area contributed by atoms with Crippen molar-refractivity contribution < 1.29 is 4.42 Å². The highest BCUT2D eigenvalue weighted by atomic mass is 16.3. The number of anilines is 9. The van der Waals surface area contributed by atoms with Crippen LogP contribution in [0.3, 0.4) is 0 Å². The fourth-order valence-electron chi connectivity index (χ4n) is 14.4. The van der Waals surface area contributed by atoms with Gasteiger partial charge < -0.3 is 19.1 Å². The van der Waals surface area contributed by atoms with E-state index in [2.05, 4.69) is 291 Å². The first-order valence-corrected chi connectivity index (χ1v) is 29.6. The van der Waals surface area contributed by atoms with Gasteiger partial charge in [0.05, 0.1) is 22.7 Å². The van der Waals surface area contributed by atoms with Crippen molar-refractivity contribution in [3.8, 4) is 22.3 Å². The molecule has 4 aliphatic rings. The molecule has 2 aliphatic heterocycles. The number of hydrogen-bond acceptors (Lipinski definition) is 4. The van der Waals surface area contributed by atoms with E-state index in [1.165, 1.54) is 66.4 Å². The lowest BCUT2D eigenvalue weighted by Crippen LogP contribution is -2.61. The highest BCUT2D eigenvalue weighted by molar-refractivity contribution is 7.00. The Hall–Kier alpha value is -8.02. The Morgan fingerprint density at radius 3 is 1.56 bits per heavy atom. The van der Waals surface area contributed by atoms with Gasteiger partial charge in [-0.25, -0.2) is 0 Å². The van der Waals surface area contributed by atoms with Crippen LogP contribution < -0.4 is 31.3 Å². The smallest absolute Gasteiger partial charge is 0.297 e. The molecule has 0 unspecified atom stereocenters. The third-order valence-corrected chi connectivity index (χ3v) is 19.3. The van der Waals surface area contributed by atoms with Gasteiger partial charge in [0, 0.05) is 45.1 Å². The normalized spacial score (nSPS) is 17.0. The molecular formula is C76H74BN3O. The number of rotatable bonds is 7. The average Bonchev–Trinajstić information content (AvgIpc) is 3.93. The molecular weight excluding hydrogens is 982 g/mol. The molecule has 1 aromatic heterocycles. The van der Waals surface area contributed by atoms with Crippen LogP contribution in [0.4, 0.5) is 51.2 Å². The zero-order chi connectivity index (χ0) is 56.0. The number of fused-ring (bicyclic) bond motifs is 8. The van der Waals surface area contributed by atoms with E-state index < -0.39 is 0 Å². The van der Waals surface area contributed by atoms with E-state index in [0.29, 0.717) is 0 Å². The van der Waals surface area contributed by atoms with E-state index in [1.54, 1.807) is 0 Å². The predicted octanol–water partition coefficient (Wildman–Crippen LogP) is 19.3. The van der Waals surface area contributed by atoms with Crippen molar-refractivity contribution in [2.75, 3.05) is 14.7 Å². The summed E-state index contributed by atoms with van der Waals surface area (Å²) >= 11 is 0. The number of hydrogen-bond donors (Lipinski definition) is 0. The van der Waals surface area contributed by atoms with Crippen molar-refractivity contribution in [1.82, 2.24) is 0 Å². The van der Waals surface area contributed by atoms with E-state index in [1.807, 2.05) is 0 Å². The lowest BCUT2D eigenvalue weighted by Gasteiger charge is -2.45. The lowest BCUT2D eigenvalue weighted by molar-refractivity contribution is 0.332. The van der Waals surface area contributed by atoms with Crippen LogP contribution in [-0.2, 0) is 27.1 Å². The molecule has 5 heteroatoms. The molecule has 0 radical (unpaired) electrons. The SMILES string of the molecule is CC(C)(C)c1ccc(N2c3cc(-c4ccccc4)ccc3B3c4oc5cc6c(cc5c4N(c4ccc5c(c4)C(C)(C)CCC5(C)C)c4cc(N(c5ccccc5)c5ccccc5)cc2c43)C(C)(C)CCC6(C)C)c(-c2ccccc2)c1. The largest absolute Gasteiger partial charge is 0.468 e. The van der Waals surface area contributed by atoms with Gasteiger partial charge in [0.1, 0.15) is 5.58 Å². The highest BCUT2D eigenvalue weighted by Gasteiger charge is 2.49. The molecule has 0 saturated carbocycles. The van der Waals surface area contributed by atoms with E-state index in [0.717, 1.165) is 88.1 Å². The first-order valence-electron chi connectivity index (χ1n) is 29.6. The van der Waals surface area contributed by atoms with Crippen molar-refractivity contribution in [2.45, 2.75) is 129 Å². The average molecular weight is 1060 g/mol. The second kappa shape index (κ2) is 18.2. The quantitative estimate of drug-likeness (QED) is 0.148. The Morgan fingerprint density at radius 2 is 0.963 bits per heavy atom. The van der Waals surface area contributed by atoms with Gasteiger partial charge in [0.25, 0.3) is 6.71 Å². The Labute approximate surface area is 481 Å². The molecule has 14 rings (SSSR count). The van der Waals surface area contributed by atoms with Crippen LogP contribution >= 0.6 is 0 Å². The van der Waals surface area contributed by atoms with Crippen molar-refractivity contribution in [1.29, 1.82) is 0 Å². The third-order valence-electron chi connectivity index (χ3n) is 19.3. The highest BCUT2D eigenvalue weighted by Crippen LogP contribution is 2.55. The first kappa shape index (κ1) is 51.2. The fourth-order valence-corrected chi connectivity index (χ4v) is 14.4. The molecule has 0 atom stereocenters. The molecule has 0 spiro atoms. The maximum atomic E-state index is 7.81. The summed E-state index contributed by atoms with van der Waals surface area (Å²) in [5.74, 6) is 0. The minimum absolute atomic E-state index is 0.00292. The maximum absolute atomic E-state index is 7.81. The van der Waals surface area contributed by atoms with Gasteiger partial charge in [-0.3, -0.25) is 0 Å². The third kappa shape index (κ3) is 8.23. The fraction of sp³-hybridized carbons (Fsp3) is 0.263. The van der Waals surface area contributed by atoms with E-state index >= 15 is 0 Å². The van der Waals surface area contributed by atoms with Gasteiger partial charge in [-0.05, 0) is 187 Å². The van der Waals surface area contributed by atoms with E-state index in [9.17, 15) is 0 Å². The van der Waals surface area contributed by atoms with Gasteiger partial charge in [-0.15, -0.1) is 0 Å². The number of para-hydroxylation sites is 2. The second-order valence-corrected chi connectivity index (χ2v) is 27.5. The maximum Gasteiger partial charge on any atom is 0.297 e. The Morgan fingerprint density at radius 1 is 0.432 bits per heavy atom. The molecule has 2 aliphatic carbocycles. The number of benzene rings is 9. The molecule has 81 heavy (non-hydrogen) atoms. The minimum Gasteiger partial charge on any atom is -0.468 e. The van der Waals surface area contributed by atoms with Crippen molar-refractivity contribution >= 4 is 85.5 Å². The van der Waals surface area contributed by atoms with Crippen LogP contribution in [0.25, 0.3) is 33.2 Å². The van der Waals surface area contributed by atoms with E-state index in [-0.39, 0.29) is 33.8 Å². The predicted molar refractivity (Wildman–Crippen MR) is 345 cm³/mol. The topological polar surface area (TPSA) is 22.9 Å². The molecule has 0 saturated heterocycles. The number of nitrogens with zero attached hydrogens (tertiary/aromatic N) is 3. The molecule has 10 aromatic rings. The van der Waals surface area contributed by atoms with Gasteiger partial charge in [0.2, 0.25) is 0 Å². The van der Waals surface area contributed by atoms with Crippen LogP contribution in [0, 0.1) is 0 Å². The molecule has 0 bridgehead atoms. The second-order valence-electron chi connectivity index (χ2n) is 27.5. The monoisotopic (exact) mass is 1060 g/mol. The zero-order valence-electron chi connectivity index (χ0n) is 49.2. The molecule has 0 N–H and O–H groups in total. The van der Waals surface area contributed by atoms with Crippen molar-refractivity contribution in [3.63, 3.8) is 0 Å². The van der Waals surface area contributed by atoms with Gasteiger partial charge in [-0.2, -0.15) is 0 Å². The summed E-state index contributed by atoms with van der Waals surface area (Å²) in [7, 11) is 0. The molecule has 0 amide bonds. The molecule has 3 heterocycles. The Kier molecular flexibility index (Phi) is 11.5. The van der Waals surface area contributed by atoms with Crippen LogP contribution in [0.5, 0.6) is 0 Å². The lowest BCUT2D eigenvalue weighted by atomic mass is 9.35. The minimum atomic E-state index is -0.249. The summed E-state index contributed by atoms with van der Waals surface area (Å²) in [6, 6.07) is 75.8. The van der Waals surface area contributed by atoms with Crippen LogP contribution in [0.1, 0.15) is 130 Å². The summed E-state index contributed by atoms with van der Waals surface area (Å²) in [6.45, 7) is 26.3. The molecule has 4 nitrogen and oxygen atoms in total. The summed E-state index contributed by atoms with van der Waals surface area (Å²) in [6.07, 6.45) is 4.52. The van der Waals surface area contributed by atoms with Crippen molar-refractivity contribution in [2.24, 2.45) is 0 Å². The zero-order valence-corrected chi connectivity index (χ0v) is 49.2. The van der Waals surface area contributed by atoms with Gasteiger partial charge in [-0.1, -0.05) is 197 Å². The van der Waals surface area contributed by atoms with Crippen LogP contribution in [0.2, 0.25) is 0 Å². The first-order chi connectivity index (χ1) is 38.8. The van der Waals surface area contributed by atoms with Gasteiger partial charge in [0.15, 0.2) is 0 Å². The van der Waals surface area contributed by atoms with Crippen molar-refractivity contribution in [3.05, 3.63) is 228 Å². The van der Waals surface area contributed by atoms with Crippen LogP contribution in [0.15, 0.2) is 205 Å². The summed E-state index contributed by atoms with van der Waals surface area (Å²) in [5, 5.41) is 1.17. The number of furan rings is 1. The summed E-state index contributed by atoms with van der Waals surface area (Å²) in [5.41, 5.74) is 26.1. The molecule has 9 aromatic carbocycles.